The molecular weight excluding hydrogens is 243 g/mol. The third-order valence-electron chi connectivity index (χ3n) is 3.83. The average Bonchev–Trinajstić information content (AvgIpc) is 2.66. The molecule has 1 unspecified atom stereocenters. The molecular formula is C15H21FN2O. The molecule has 4 heteroatoms. The number of aryl methyl sites for hydroxylation is 1. The van der Waals surface area contributed by atoms with E-state index in [0.717, 1.165) is 32.2 Å². The van der Waals surface area contributed by atoms with Crippen LogP contribution in [0.15, 0.2) is 18.2 Å². The second-order valence-corrected chi connectivity index (χ2v) is 5.20. The Morgan fingerprint density at radius 3 is 2.89 bits per heavy atom. The van der Waals surface area contributed by atoms with E-state index in [1.165, 1.54) is 6.07 Å². The number of hydrogen-bond acceptors (Lipinski definition) is 2. The zero-order valence-corrected chi connectivity index (χ0v) is 11.4. The molecule has 0 radical (unpaired) electrons. The van der Waals surface area contributed by atoms with Crippen LogP contribution >= 0.6 is 0 Å². The Morgan fingerprint density at radius 1 is 1.42 bits per heavy atom. The van der Waals surface area contributed by atoms with E-state index in [4.69, 9.17) is 5.73 Å². The van der Waals surface area contributed by atoms with Crippen LogP contribution in [-0.4, -0.2) is 29.9 Å². The molecule has 1 atom stereocenters. The number of nitrogens with zero attached hydrogens (tertiary/aromatic N) is 1. The van der Waals surface area contributed by atoms with Crippen LogP contribution in [0.1, 0.15) is 41.6 Å². The Bertz CT molecular complexity index is 461. The van der Waals surface area contributed by atoms with Crippen LogP contribution in [0, 0.1) is 12.7 Å². The standard InChI is InChI=1S/C15H21FN2O/c1-11-6-7-12(9-14(11)16)15(19)18-8-4-2-3-5-13(18)10-17/h6-7,9,13H,2-5,8,10,17H2,1H3. The molecule has 3 nitrogen and oxygen atoms in total. The first-order chi connectivity index (χ1) is 9.13. The molecule has 2 N–H and O–H groups in total. The summed E-state index contributed by atoms with van der Waals surface area (Å²) >= 11 is 0. The highest BCUT2D eigenvalue weighted by Crippen LogP contribution is 2.19. The van der Waals surface area contributed by atoms with Crippen LogP contribution < -0.4 is 5.73 Å². The normalized spacial score (nSPS) is 20.2. The van der Waals surface area contributed by atoms with Crippen LogP contribution in [0.4, 0.5) is 4.39 Å². The lowest BCUT2D eigenvalue weighted by Crippen LogP contribution is -2.44. The molecule has 1 saturated heterocycles. The number of halogens is 1. The van der Waals surface area contributed by atoms with Crippen molar-refractivity contribution in [2.45, 2.75) is 38.6 Å². The molecule has 1 heterocycles. The maximum atomic E-state index is 13.6. The van der Waals surface area contributed by atoms with Crippen molar-refractivity contribution in [2.75, 3.05) is 13.1 Å². The molecule has 1 amide bonds. The summed E-state index contributed by atoms with van der Waals surface area (Å²) in [5, 5.41) is 0. The number of amides is 1. The second-order valence-electron chi connectivity index (χ2n) is 5.20. The number of carbonyl (C=O) groups excluding carboxylic acids is 1. The first kappa shape index (κ1) is 14.0. The van der Waals surface area contributed by atoms with E-state index in [1.54, 1.807) is 19.1 Å². The van der Waals surface area contributed by atoms with Gasteiger partial charge in [0.05, 0.1) is 0 Å². The molecule has 0 saturated carbocycles. The van der Waals surface area contributed by atoms with Crippen molar-refractivity contribution in [3.63, 3.8) is 0 Å². The van der Waals surface area contributed by atoms with Gasteiger partial charge in [0.25, 0.3) is 5.91 Å². The number of likely N-dealkylation sites (tertiary alicyclic amines) is 1. The maximum absolute atomic E-state index is 13.6. The van der Waals surface area contributed by atoms with Gasteiger partial charge in [-0.2, -0.15) is 0 Å². The third kappa shape index (κ3) is 3.13. The van der Waals surface area contributed by atoms with Crippen LogP contribution in [0.25, 0.3) is 0 Å². The predicted molar refractivity (Wildman–Crippen MR) is 73.5 cm³/mol. The molecule has 0 aromatic heterocycles. The van der Waals surface area contributed by atoms with Gasteiger partial charge in [0, 0.05) is 24.7 Å². The second kappa shape index (κ2) is 6.15. The largest absolute Gasteiger partial charge is 0.334 e. The molecule has 2 rings (SSSR count). The molecule has 1 aromatic rings. The fourth-order valence-corrected chi connectivity index (χ4v) is 2.58. The Balaban J connectivity index is 2.22. The van der Waals surface area contributed by atoms with E-state index in [1.807, 2.05) is 4.90 Å². The molecule has 1 aromatic carbocycles. The predicted octanol–water partition coefficient (Wildman–Crippen LogP) is 2.48. The average molecular weight is 264 g/mol. The van der Waals surface area contributed by atoms with Gasteiger partial charge in [0.15, 0.2) is 0 Å². The molecule has 0 spiro atoms. The fraction of sp³-hybridized carbons (Fsp3) is 0.533. The van der Waals surface area contributed by atoms with Gasteiger partial charge in [-0.05, 0) is 37.5 Å². The lowest BCUT2D eigenvalue weighted by molar-refractivity contribution is 0.0688. The summed E-state index contributed by atoms with van der Waals surface area (Å²) in [5.74, 6) is -0.429. The number of benzene rings is 1. The van der Waals surface area contributed by atoms with Crippen molar-refractivity contribution in [2.24, 2.45) is 5.73 Å². The first-order valence-corrected chi connectivity index (χ1v) is 6.90. The Kier molecular flexibility index (Phi) is 4.53. The minimum absolute atomic E-state index is 0.0827. The summed E-state index contributed by atoms with van der Waals surface area (Å²) in [6, 6.07) is 4.76. The number of hydrogen-bond donors (Lipinski definition) is 1. The highest BCUT2D eigenvalue weighted by molar-refractivity contribution is 5.94. The van der Waals surface area contributed by atoms with Crippen molar-refractivity contribution >= 4 is 5.91 Å². The van der Waals surface area contributed by atoms with Gasteiger partial charge >= 0.3 is 0 Å². The van der Waals surface area contributed by atoms with E-state index in [0.29, 0.717) is 17.7 Å². The van der Waals surface area contributed by atoms with Crippen molar-refractivity contribution in [3.8, 4) is 0 Å². The summed E-state index contributed by atoms with van der Waals surface area (Å²) in [6.07, 6.45) is 4.17. The lowest BCUT2D eigenvalue weighted by atomic mass is 10.1. The van der Waals surface area contributed by atoms with Crippen molar-refractivity contribution in [3.05, 3.63) is 35.1 Å². The van der Waals surface area contributed by atoms with Gasteiger partial charge in [-0.25, -0.2) is 4.39 Å². The van der Waals surface area contributed by atoms with E-state index in [2.05, 4.69) is 0 Å². The van der Waals surface area contributed by atoms with E-state index in [9.17, 15) is 9.18 Å². The molecule has 1 aliphatic heterocycles. The minimum Gasteiger partial charge on any atom is -0.334 e. The maximum Gasteiger partial charge on any atom is 0.254 e. The van der Waals surface area contributed by atoms with Gasteiger partial charge in [-0.15, -0.1) is 0 Å². The van der Waals surface area contributed by atoms with Crippen LogP contribution in [-0.2, 0) is 0 Å². The molecule has 0 bridgehead atoms. The molecule has 0 aliphatic carbocycles. The van der Waals surface area contributed by atoms with E-state index >= 15 is 0 Å². The summed E-state index contributed by atoms with van der Waals surface area (Å²) in [4.78, 5) is 14.3. The van der Waals surface area contributed by atoms with Crippen molar-refractivity contribution in [1.82, 2.24) is 4.90 Å². The molecule has 104 valence electrons. The quantitative estimate of drug-likeness (QED) is 0.892. The van der Waals surface area contributed by atoms with E-state index in [-0.39, 0.29) is 17.8 Å². The van der Waals surface area contributed by atoms with Gasteiger partial charge in [0.2, 0.25) is 0 Å². The lowest BCUT2D eigenvalue weighted by Gasteiger charge is -2.29. The third-order valence-corrected chi connectivity index (χ3v) is 3.83. The van der Waals surface area contributed by atoms with E-state index < -0.39 is 0 Å². The van der Waals surface area contributed by atoms with Gasteiger partial charge < -0.3 is 10.6 Å². The Hall–Kier alpha value is -1.42. The SMILES string of the molecule is Cc1ccc(C(=O)N2CCCCCC2CN)cc1F. The fourth-order valence-electron chi connectivity index (χ4n) is 2.58. The number of nitrogens with two attached hydrogens (primary N) is 1. The van der Waals surface area contributed by atoms with Crippen molar-refractivity contribution < 1.29 is 9.18 Å². The van der Waals surface area contributed by atoms with Crippen LogP contribution in [0.5, 0.6) is 0 Å². The highest BCUT2D eigenvalue weighted by atomic mass is 19.1. The Morgan fingerprint density at radius 2 is 2.21 bits per heavy atom. The molecule has 1 aliphatic rings. The number of rotatable bonds is 2. The van der Waals surface area contributed by atoms with Crippen LogP contribution in [0.3, 0.4) is 0 Å². The minimum atomic E-state index is -0.329. The summed E-state index contributed by atoms with van der Waals surface area (Å²) in [6.45, 7) is 2.88. The van der Waals surface area contributed by atoms with Crippen LogP contribution in [0.2, 0.25) is 0 Å². The topological polar surface area (TPSA) is 46.3 Å². The highest BCUT2D eigenvalue weighted by Gasteiger charge is 2.25. The smallest absolute Gasteiger partial charge is 0.254 e. The first-order valence-electron chi connectivity index (χ1n) is 6.90. The van der Waals surface area contributed by atoms with Gasteiger partial charge in [-0.1, -0.05) is 18.9 Å². The summed E-state index contributed by atoms with van der Waals surface area (Å²) < 4.78 is 13.6. The van der Waals surface area contributed by atoms with Crippen molar-refractivity contribution in [1.29, 1.82) is 0 Å². The summed E-state index contributed by atoms with van der Waals surface area (Å²) in [5.41, 5.74) is 6.74. The monoisotopic (exact) mass is 264 g/mol. The summed E-state index contributed by atoms with van der Waals surface area (Å²) in [7, 11) is 0. The van der Waals surface area contributed by atoms with Gasteiger partial charge in [0.1, 0.15) is 5.82 Å². The molecule has 19 heavy (non-hydrogen) atoms. The zero-order valence-electron chi connectivity index (χ0n) is 11.4. The number of carbonyl (C=O) groups is 1. The van der Waals surface area contributed by atoms with Gasteiger partial charge in [-0.3, -0.25) is 4.79 Å². The Labute approximate surface area is 113 Å². The molecule has 1 fully saturated rings. The zero-order chi connectivity index (χ0) is 13.8.